The average Bonchev–Trinajstić information content (AvgIpc) is 2.99. The summed E-state index contributed by atoms with van der Waals surface area (Å²) in [6.07, 6.45) is 6.40. The van der Waals surface area contributed by atoms with Crippen LogP contribution in [0.2, 0.25) is 0 Å². The summed E-state index contributed by atoms with van der Waals surface area (Å²) in [7, 11) is 0. The van der Waals surface area contributed by atoms with E-state index in [1.165, 1.54) is 0 Å². The molecule has 5 nitrogen and oxygen atoms in total. The number of rotatable bonds is 4. The average molecular weight is 409 g/mol. The van der Waals surface area contributed by atoms with Gasteiger partial charge in [-0.1, -0.05) is 20.8 Å². The Morgan fingerprint density at radius 3 is 2.34 bits per heavy atom. The molecule has 4 fully saturated rings. The van der Waals surface area contributed by atoms with Crippen LogP contribution in [0, 0.1) is 46.3 Å². The predicted octanol–water partition coefficient (Wildman–Crippen LogP) is 3.45. The van der Waals surface area contributed by atoms with Gasteiger partial charge in [0.2, 0.25) is 0 Å². The van der Waals surface area contributed by atoms with E-state index < -0.39 is 12.1 Å². The minimum Gasteiger partial charge on any atom is -0.481 e. The largest absolute Gasteiger partial charge is 0.481 e. The minimum absolute atomic E-state index is 0.0356. The molecule has 4 aliphatic carbocycles. The first-order valence-electron chi connectivity index (χ1n) is 11.8. The molecule has 0 aliphatic heterocycles. The number of hydrogen-bond donors (Lipinski definition) is 4. The number of aliphatic hydroxyl groups excluding tert-OH is 3. The lowest BCUT2D eigenvalue weighted by Crippen LogP contribution is -2.58. The zero-order chi connectivity index (χ0) is 21.1. The Labute approximate surface area is 174 Å². The van der Waals surface area contributed by atoms with E-state index in [0.29, 0.717) is 29.6 Å². The van der Waals surface area contributed by atoms with E-state index in [1.54, 1.807) is 0 Å². The Morgan fingerprint density at radius 2 is 1.66 bits per heavy atom. The molecule has 4 saturated carbocycles. The molecular weight excluding hydrogens is 368 g/mol. The van der Waals surface area contributed by atoms with Crippen molar-refractivity contribution in [2.24, 2.45) is 46.3 Å². The van der Waals surface area contributed by atoms with Crippen LogP contribution in [-0.4, -0.2) is 44.7 Å². The van der Waals surface area contributed by atoms with Crippen LogP contribution >= 0.6 is 0 Å². The lowest BCUT2D eigenvalue weighted by atomic mass is 9.43. The summed E-state index contributed by atoms with van der Waals surface area (Å²) in [6, 6.07) is 0. The van der Waals surface area contributed by atoms with Crippen LogP contribution in [0.3, 0.4) is 0 Å². The van der Waals surface area contributed by atoms with Crippen LogP contribution in [0.15, 0.2) is 0 Å². The molecule has 5 heteroatoms. The zero-order valence-electron chi connectivity index (χ0n) is 18.3. The normalized spacial score (nSPS) is 51.4. The minimum atomic E-state index is -0.936. The standard InChI is InChI=1S/C24H40O5/c1-13(19(26)12-21(28)29)16-4-5-17-22-18(7-9-24(16,17)3)23(2)8-6-15(25)10-14(23)11-20(22)27/h13-20,22,25-27H,4-12H2,1-3H3,(H,28,29)/t13-,14+,15-,16-,17+,18+,19-,20-,22+,23+,24-/m1/s1. The van der Waals surface area contributed by atoms with Gasteiger partial charge in [0.1, 0.15) is 0 Å². The third kappa shape index (κ3) is 3.36. The lowest BCUT2D eigenvalue weighted by Gasteiger charge is -2.62. The van der Waals surface area contributed by atoms with Gasteiger partial charge in [-0.3, -0.25) is 4.79 Å². The molecule has 29 heavy (non-hydrogen) atoms. The first-order chi connectivity index (χ1) is 13.6. The smallest absolute Gasteiger partial charge is 0.305 e. The molecule has 4 N–H and O–H groups in total. The summed E-state index contributed by atoms with van der Waals surface area (Å²) in [6.45, 7) is 6.79. The van der Waals surface area contributed by atoms with Gasteiger partial charge < -0.3 is 20.4 Å². The summed E-state index contributed by atoms with van der Waals surface area (Å²) < 4.78 is 0. The Hall–Kier alpha value is -0.650. The second kappa shape index (κ2) is 7.49. The molecule has 0 heterocycles. The van der Waals surface area contributed by atoms with E-state index in [2.05, 4.69) is 13.8 Å². The fraction of sp³-hybridized carbons (Fsp3) is 0.958. The van der Waals surface area contributed by atoms with E-state index in [1.807, 2.05) is 6.92 Å². The van der Waals surface area contributed by atoms with Gasteiger partial charge >= 0.3 is 5.97 Å². The van der Waals surface area contributed by atoms with Crippen molar-refractivity contribution in [1.82, 2.24) is 0 Å². The van der Waals surface area contributed by atoms with Crippen LogP contribution in [-0.2, 0) is 4.79 Å². The van der Waals surface area contributed by atoms with E-state index in [4.69, 9.17) is 5.11 Å². The van der Waals surface area contributed by atoms with Gasteiger partial charge in [0.25, 0.3) is 0 Å². The molecule has 11 atom stereocenters. The van der Waals surface area contributed by atoms with Crippen LogP contribution in [0.4, 0.5) is 0 Å². The lowest BCUT2D eigenvalue weighted by molar-refractivity contribution is -0.175. The Balaban J connectivity index is 1.57. The first-order valence-corrected chi connectivity index (χ1v) is 11.8. The number of fused-ring (bicyclic) bond motifs is 5. The third-order valence-electron chi connectivity index (χ3n) is 10.4. The molecule has 0 aromatic carbocycles. The molecule has 0 bridgehead atoms. The highest BCUT2D eigenvalue weighted by Gasteiger charge is 2.63. The SMILES string of the molecule is C[C@@H]([C@H](O)CC(=O)O)[C@H]1CC[C@H]2[C@@H]3[C@H](O)C[C@@H]4C[C@H](O)CC[C@]4(C)[C@H]3CC[C@]12C. The van der Waals surface area contributed by atoms with Crippen LogP contribution in [0.25, 0.3) is 0 Å². The second-order valence-electron chi connectivity index (χ2n) is 11.5. The second-order valence-corrected chi connectivity index (χ2v) is 11.5. The van der Waals surface area contributed by atoms with Crippen molar-refractivity contribution in [3.63, 3.8) is 0 Å². The van der Waals surface area contributed by atoms with Crippen LogP contribution in [0.1, 0.15) is 78.6 Å². The number of aliphatic carboxylic acids is 1. The summed E-state index contributed by atoms with van der Waals surface area (Å²) >= 11 is 0. The molecular formula is C24H40O5. The van der Waals surface area contributed by atoms with Gasteiger partial charge in [-0.2, -0.15) is 0 Å². The highest BCUT2D eigenvalue weighted by molar-refractivity contribution is 5.67. The van der Waals surface area contributed by atoms with E-state index in [-0.39, 0.29) is 35.4 Å². The van der Waals surface area contributed by atoms with E-state index in [0.717, 1.165) is 51.4 Å². The number of carboxylic acid groups (broad SMARTS) is 1. The van der Waals surface area contributed by atoms with Crippen LogP contribution < -0.4 is 0 Å². The van der Waals surface area contributed by atoms with Crippen molar-refractivity contribution < 1.29 is 25.2 Å². The summed E-state index contributed by atoms with van der Waals surface area (Å²) in [5, 5.41) is 41.1. The summed E-state index contributed by atoms with van der Waals surface area (Å²) in [5.74, 6) is 1.03. The Morgan fingerprint density at radius 1 is 1.00 bits per heavy atom. The molecule has 4 aliphatic rings. The molecule has 0 saturated heterocycles. The van der Waals surface area contributed by atoms with Crippen molar-refractivity contribution in [2.75, 3.05) is 0 Å². The number of hydrogen-bond acceptors (Lipinski definition) is 4. The third-order valence-corrected chi connectivity index (χ3v) is 10.4. The Kier molecular flexibility index (Phi) is 5.57. The van der Waals surface area contributed by atoms with Crippen molar-refractivity contribution >= 4 is 5.97 Å². The number of aliphatic hydroxyl groups is 3. The monoisotopic (exact) mass is 408 g/mol. The molecule has 0 amide bonds. The van der Waals surface area contributed by atoms with Gasteiger partial charge in [0.15, 0.2) is 0 Å². The fourth-order valence-electron chi connectivity index (χ4n) is 8.74. The van der Waals surface area contributed by atoms with Gasteiger partial charge in [-0.15, -0.1) is 0 Å². The Bertz CT molecular complexity index is 637. The van der Waals surface area contributed by atoms with Crippen molar-refractivity contribution in [2.45, 2.75) is 96.9 Å². The quantitative estimate of drug-likeness (QED) is 0.571. The molecule has 166 valence electrons. The predicted molar refractivity (Wildman–Crippen MR) is 110 cm³/mol. The molecule has 0 spiro atoms. The molecule has 0 aromatic heterocycles. The maximum atomic E-state index is 11.2. The highest BCUT2D eigenvalue weighted by atomic mass is 16.4. The molecule has 4 rings (SSSR count). The summed E-state index contributed by atoms with van der Waals surface area (Å²) in [4.78, 5) is 11.1. The van der Waals surface area contributed by atoms with Gasteiger partial charge in [-0.05, 0) is 97.7 Å². The zero-order valence-corrected chi connectivity index (χ0v) is 18.3. The van der Waals surface area contributed by atoms with Crippen molar-refractivity contribution in [3.8, 4) is 0 Å². The maximum absolute atomic E-state index is 11.2. The molecule has 0 radical (unpaired) electrons. The van der Waals surface area contributed by atoms with Crippen LogP contribution in [0.5, 0.6) is 0 Å². The highest BCUT2D eigenvalue weighted by Crippen LogP contribution is 2.68. The van der Waals surface area contributed by atoms with Gasteiger partial charge in [0, 0.05) is 0 Å². The van der Waals surface area contributed by atoms with E-state index in [9.17, 15) is 20.1 Å². The topological polar surface area (TPSA) is 98.0 Å². The number of carbonyl (C=O) groups is 1. The first kappa shape index (κ1) is 21.6. The summed E-state index contributed by atoms with van der Waals surface area (Å²) in [5.41, 5.74) is 0.287. The number of carboxylic acids is 1. The van der Waals surface area contributed by atoms with Gasteiger partial charge in [0.05, 0.1) is 24.7 Å². The molecule has 0 aromatic rings. The van der Waals surface area contributed by atoms with Gasteiger partial charge in [-0.25, -0.2) is 0 Å². The fourth-order valence-corrected chi connectivity index (χ4v) is 8.74. The maximum Gasteiger partial charge on any atom is 0.305 e. The van der Waals surface area contributed by atoms with Crippen molar-refractivity contribution in [1.29, 1.82) is 0 Å². The van der Waals surface area contributed by atoms with Crippen molar-refractivity contribution in [3.05, 3.63) is 0 Å². The molecule has 0 unspecified atom stereocenters. The van der Waals surface area contributed by atoms with E-state index >= 15 is 0 Å².